The van der Waals surface area contributed by atoms with Crippen molar-refractivity contribution in [3.05, 3.63) is 0 Å². The molecule has 0 aromatic heterocycles. The van der Waals surface area contributed by atoms with E-state index < -0.39 is 0 Å². The van der Waals surface area contributed by atoms with Gasteiger partial charge in [0.1, 0.15) is 0 Å². The standard InChI is InChI=1S/C12H24N2O2/c1-4-5-10(9-16-3)13-8-12(15)14(2)11-6-7-11/h10-11,13H,4-9H2,1-3H3. The van der Waals surface area contributed by atoms with Gasteiger partial charge in [0.05, 0.1) is 13.2 Å². The van der Waals surface area contributed by atoms with E-state index in [-0.39, 0.29) is 5.91 Å². The lowest BCUT2D eigenvalue weighted by molar-refractivity contribution is -0.129. The van der Waals surface area contributed by atoms with Crippen LogP contribution in [0.2, 0.25) is 0 Å². The van der Waals surface area contributed by atoms with Crippen LogP contribution in [-0.2, 0) is 9.53 Å². The number of likely N-dealkylation sites (N-methyl/N-ethyl adjacent to an activating group) is 1. The molecular formula is C12H24N2O2. The highest BCUT2D eigenvalue weighted by molar-refractivity contribution is 5.78. The zero-order chi connectivity index (χ0) is 12.0. The predicted molar refractivity (Wildman–Crippen MR) is 64.4 cm³/mol. The fourth-order valence-corrected chi connectivity index (χ4v) is 1.82. The van der Waals surface area contributed by atoms with Crippen LogP contribution in [0.3, 0.4) is 0 Å². The van der Waals surface area contributed by atoms with Crippen LogP contribution in [0.25, 0.3) is 0 Å². The van der Waals surface area contributed by atoms with E-state index in [1.165, 1.54) is 12.8 Å². The number of nitrogens with zero attached hydrogens (tertiary/aromatic N) is 1. The maximum atomic E-state index is 11.8. The second-order valence-corrected chi connectivity index (χ2v) is 4.56. The third-order valence-electron chi connectivity index (χ3n) is 3.03. The van der Waals surface area contributed by atoms with Gasteiger partial charge in [-0.3, -0.25) is 4.79 Å². The third-order valence-corrected chi connectivity index (χ3v) is 3.03. The van der Waals surface area contributed by atoms with Crippen molar-refractivity contribution in [2.45, 2.75) is 44.7 Å². The molecule has 4 nitrogen and oxygen atoms in total. The van der Waals surface area contributed by atoms with Crippen molar-refractivity contribution in [1.82, 2.24) is 10.2 Å². The van der Waals surface area contributed by atoms with Gasteiger partial charge in [0.25, 0.3) is 0 Å². The SMILES string of the molecule is CCCC(COC)NCC(=O)N(C)C1CC1. The van der Waals surface area contributed by atoms with E-state index in [0.717, 1.165) is 12.8 Å². The Hall–Kier alpha value is -0.610. The quantitative estimate of drug-likeness (QED) is 0.674. The van der Waals surface area contributed by atoms with Gasteiger partial charge in [-0.1, -0.05) is 13.3 Å². The van der Waals surface area contributed by atoms with E-state index in [9.17, 15) is 4.79 Å². The summed E-state index contributed by atoms with van der Waals surface area (Å²) in [5.74, 6) is 0.194. The molecule has 1 aliphatic rings. The highest BCUT2D eigenvalue weighted by atomic mass is 16.5. The molecule has 1 amide bonds. The Morgan fingerprint density at radius 2 is 2.25 bits per heavy atom. The van der Waals surface area contributed by atoms with E-state index in [4.69, 9.17) is 4.74 Å². The Labute approximate surface area is 98.3 Å². The van der Waals surface area contributed by atoms with Gasteiger partial charge >= 0.3 is 0 Å². The van der Waals surface area contributed by atoms with Gasteiger partial charge in [-0.15, -0.1) is 0 Å². The van der Waals surface area contributed by atoms with E-state index in [1.807, 2.05) is 11.9 Å². The zero-order valence-corrected chi connectivity index (χ0v) is 10.7. The predicted octanol–water partition coefficient (Wildman–Crippen LogP) is 1.01. The van der Waals surface area contributed by atoms with Crippen LogP contribution in [0.1, 0.15) is 32.6 Å². The topological polar surface area (TPSA) is 41.6 Å². The van der Waals surface area contributed by atoms with E-state index in [2.05, 4.69) is 12.2 Å². The summed E-state index contributed by atoms with van der Waals surface area (Å²) in [6, 6.07) is 0.799. The molecule has 1 N–H and O–H groups in total. The molecule has 1 unspecified atom stereocenters. The van der Waals surface area contributed by atoms with Crippen LogP contribution < -0.4 is 5.32 Å². The number of carbonyl (C=O) groups excluding carboxylic acids is 1. The van der Waals surface area contributed by atoms with Gasteiger partial charge in [-0.05, 0) is 19.3 Å². The number of methoxy groups -OCH3 is 1. The first kappa shape index (κ1) is 13.5. The molecule has 16 heavy (non-hydrogen) atoms. The number of rotatable bonds is 8. The molecule has 1 atom stereocenters. The Morgan fingerprint density at radius 3 is 2.75 bits per heavy atom. The van der Waals surface area contributed by atoms with Gasteiger partial charge in [0.15, 0.2) is 0 Å². The second-order valence-electron chi connectivity index (χ2n) is 4.56. The average Bonchev–Trinajstić information content (AvgIpc) is 3.09. The van der Waals surface area contributed by atoms with Crippen molar-refractivity contribution in [1.29, 1.82) is 0 Å². The molecule has 0 saturated heterocycles. The van der Waals surface area contributed by atoms with Crippen LogP contribution in [0.4, 0.5) is 0 Å². The second kappa shape index (κ2) is 6.86. The Morgan fingerprint density at radius 1 is 1.56 bits per heavy atom. The first-order valence-electron chi connectivity index (χ1n) is 6.17. The highest BCUT2D eigenvalue weighted by Crippen LogP contribution is 2.25. The molecule has 0 aliphatic heterocycles. The fourth-order valence-electron chi connectivity index (χ4n) is 1.82. The molecule has 0 spiro atoms. The molecule has 0 bridgehead atoms. The minimum absolute atomic E-state index is 0.194. The molecule has 0 radical (unpaired) electrons. The number of amides is 1. The maximum absolute atomic E-state index is 11.8. The van der Waals surface area contributed by atoms with Gasteiger partial charge in [0, 0.05) is 26.2 Å². The van der Waals surface area contributed by atoms with Crippen LogP contribution in [-0.4, -0.2) is 50.2 Å². The molecule has 94 valence electrons. The van der Waals surface area contributed by atoms with Crippen molar-refractivity contribution in [2.75, 3.05) is 27.3 Å². The first-order valence-corrected chi connectivity index (χ1v) is 6.17. The summed E-state index contributed by atoms with van der Waals surface area (Å²) in [6.07, 6.45) is 4.49. The number of hydrogen-bond donors (Lipinski definition) is 1. The van der Waals surface area contributed by atoms with Crippen molar-refractivity contribution in [3.8, 4) is 0 Å². The van der Waals surface area contributed by atoms with Gasteiger partial charge < -0.3 is 15.0 Å². The van der Waals surface area contributed by atoms with E-state index >= 15 is 0 Å². The van der Waals surface area contributed by atoms with Crippen molar-refractivity contribution in [2.24, 2.45) is 0 Å². The van der Waals surface area contributed by atoms with Crippen LogP contribution >= 0.6 is 0 Å². The maximum Gasteiger partial charge on any atom is 0.236 e. The zero-order valence-electron chi connectivity index (χ0n) is 10.7. The number of ether oxygens (including phenoxy) is 1. The molecular weight excluding hydrogens is 204 g/mol. The minimum atomic E-state index is 0.194. The molecule has 0 aromatic rings. The monoisotopic (exact) mass is 228 g/mol. The Bertz CT molecular complexity index is 211. The fraction of sp³-hybridized carbons (Fsp3) is 0.917. The normalized spacial score (nSPS) is 17.2. The van der Waals surface area contributed by atoms with Crippen LogP contribution in [0.5, 0.6) is 0 Å². The van der Waals surface area contributed by atoms with Crippen molar-refractivity contribution < 1.29 is 9.53 Å². The third kappa shape index (κ3) is 4.49. The number of carbonyl (C=O) groups is 1. The van der Waals surface area contributed by atoms with E-state index in [1.54, 1.807) is 7.11 Å². The molecule has 0 heterocycles. The lowest BCUT2D eigenvalue weighted by atomic mass is 10.2. The summed E-state index contributed by atoms with van der Waals surface area (Å²) in [5.41, 5.74) is 0. The van der Waals surface area contributed by atoms with Crippen molar-refractivity contribution in [3.63, 3.8) is 0 Å². The molecule has 1 fully saturated rings. The van der Waals surface area contributed by atoms with E-state index in [0.29, 0.717) is 25.2 Å². The molecule has 1 rings (SSSR count). The molecule has 1 aliphatic carbocycles. The molecule has 4 heteroatoms. The molecule has 1 saturated carbocycles. The van der Waals surface area contributed by atoms with Crippen LogP contribution in [0.15, 0.2) is 0 Å². The van der Waals surface area contributed by atoms with Gasteiger partial charge in [-0.2, -0.15) is 0 Å². The lowest BCUT2D eigenvalue weighted by Crippen LogP contribution is -2.42. The number of nitrogens with one attached hydrogen (secondary N) is 1. The molecule has 0 aromatic carbocycles. The lowest BCUT2D eigenvalue weighted by Gasteiger charge is -2.20. The summed E-state index contributed by atoms with van der Waals surface area (Å²) in [5, 5.41) is 3.27. The Kier molecular flexibility index (Phi) is 5.77. The first-order chi connectivity index (χ1) is 7.69. The summed E-state index contributed by atoms with van der Waals surface area (Å²) < 4.78 is 5.12. The largest absolute Gasteiger partial charge is 0.383 e. The van der Waals surface area contributed by atoms with Gasteiger partial charge in [0.2, 0.25) is 5.91 Å². The highest BCUT2D eigenvalue weighted by Gasteiger charge is 2.29. The Balaban J connectivity index is 2.21. The van der Waals surface area contributed by atoms with Crippen molar-refractivity contribution >= 4 is 5.91 Å². The summed E-state index contributed by atoms with van der Waals surface area (Å²) in [4.78, 5) is 13.6. The smallest absolute Gasteiger partial charge is 0.236 e. The van der Waals surface area contributed by atoms with Gasteiger partial charge in [-0.25, -0.2) is 0 Å². The van der Waals surface area contributed by atoms with Crippen LogP contribution in [0, 0.1) is 0 Å². The summed E-state index contributed by atoms with van der Waals surface area (Å²) in [7, 11) is 3.59. The average molecular weight is 228 g/mol. The minimum Gasteiger partial charge on any atom is -0.383 e. The summed E-state index contributed by atoms with van der Waals surface area (Å²) >= 11 is 0. The number of hydrogen-bond acceptors (Lipinski definition) is 3. The summed E-state index contributed by atoms with van der Waals surface area (Å²) in [6.45, 7) is 3.25.